The second-order valence-corrected chi connectivity index (χ2v) is 10.9. The van der Waals surface area contributed by atoms with E-state index in [2.05, 4.69) is 5.09 Å². The average Bonchev–Trinajstić information content (AvgIpc) is 3.14. The van der Waals surface area contributed by atoms with Crippen molar-refractivity contribution in [3.8, 4) is 18.1 Å². The highest BCUT2D eigenvalue weighted by Crippen LogP contribution is 2.47. The van der Waals surface area contributed by atoms with E-state index in [4.69, 9.17) is 36.5 Å². The predicted molar refractivity (Wildman–Crippen MR) is 139 cm³/mol. The quantitative estimate of drug-likeness (QED) is 0.170. The third-order valence-corrected chi connectivity index (χ3v) is 7.76. The van der Waals surface area contributed by atoms with E-state index in [0.29, 0.717) is 11.4 Å². The first-order valence-corrected chi connectivity index (χ1v) is 13.8. The van der Waals surface area contributed by atoms with Crippen molar-refractivity contribution in [3.63, 3.8) is 0 Å². The summed E-state index contributed by atoms with van der Waals surface area (Å²) in [5.74, 6) is 1.36. The lowest BCUT2D eigenvalue weighted by Crippen LogP contribution is -2.48. The van der Waals surface area contributed by atoms with Crippen LogP contribution in [0.25, 0.3) is 0 Å². The van der Waals surface area contributed by atoms with Gasteiger partial charge < -0.3 is 24.2 Å². The summed E-state index contributed by atoms with van der Waals surface area (Å²) in [7, 11) is -4.39. The van der Waals surface area contributed by atoms with E-state index in [0.717, 1.165) is 16.8 Å². The molecule has 0 saturated carbocycles. The Morgan fingerprint density at radius 3 is 2.59 bits per heavy atom. The third kappa shape index (κ3) is 7.17. The number of terminal acetylenes is 1. The molecular formula is C24H29ClN3O10P. The Morgan fingerprint density at radius 1 is 1.33 bits per heavy atom. The molecule has 1 aliphatic rings. The number of aliphatic hydroxyl groups excluding tert-OH is 1. The number of aromatic nitrogens is 2. The molecule has 13 nitrogen and oxygen atoms in total. The molecule has 1 aliphatic heterocycles. The van der Waals surface area contributed by atoms with E-state index < -0.39 is 67.8 Å². The van der Waals surface area contributed by atoms with Gasteiger partial charge in [0.25, 0.3) is 5.56 Å². The summed E-state index contributed by atoms with van der Waals surface area (Å²) in [4.78, 5) is 38.2. The third-order valence-electron chi connectivity index (χ3n) is 5.86. The van der Waals surface area contributed by atoms with E-state index in [1.165, 1.54) is 31.2 Å². The van der Waals surface area contributed by atoms with Crippen LogP contribution in [0.3, 0.4) is 0 Å². The zero-order chi connectivity index (χ0) is 29.0. The van der Waals surface area contributed by atoms with Gasteiger partial charge in [-0.25, -0.2) is 9.36 Å². The van der Waals surface area contributed by atoms with Crippen LogP contribution < -0.4 is 20.9 Å². The molecule has 212 valence electrons. The van der Waals surface area contributed by atoms with Crippen LogP contribution in [0.15, 0.2) is 46.1 Å². The minimum absolute atomic E-state index is 0.0726. The summed E-state index contributed by atoms with van der Waals surface area (Å²) in [6.45, 7) is 4.24. The van der Waals surface area contributed by atoms with Crippen molar-refractivity contribution in [2.45, 2.75) is 63.4 Å². The number of H-pyrrole nitrogens is 1. The van der Waals surface area contributed by atoms with E-state index in [9.17, 15) is 29.2 Å². The summed E-state index contributed by atoms with van der Waals surface area (Å²) < 4.78 is 36.5. The predicted octanol–water partition coefficient (Wildman–Crippen LogP) is 1.34. The fourth-order valence-corrected chi connectivity index (χ4v) is 5.15. The van der Waals surface area contributed by atoms with Gasteiger partial charge in [-0.3, -0.25) is 23.7 Å². The van der Waals surface area contributed by atoms with Gasteiger partial charge in [-0.2, -0.15) is 5.09 Å². The minimum atomic E-state index is -4.39. The number of aliphatic hydroxyl groups is 2. The van der Waals surface area contributed by atoms with Gasteiger partial charge in [0.05, 0.1) is 12.7 Å². The molecule has 15 heteroatoms. The van der Waals surface area contributed by atoms with Gasteiger partial charge in [-0.15, -0.1) is 6.42 Å². The van der Waals surface area contributed by atoms with Crippen LogP contribution >= 0.6 is 19.3 Å². The maximum Gasteiger partial charge on any atom is 0.459 e. The fraction of sp³-hybridized carbons (Fsp3) is 0.458. The van der Waals surface area contributed by atoms with Crippen LogP contribution in [-0.2, 0) is 23.4 Å². The van der Waals surface area contributed by atoms with Crippen molar-refractivity contribution in [1.29, 1.82) is 0 Å². The fourth-order valence-electron chi connectivity index (χ4n) is 3.52. The number of esters is 1. The van der Waals surface area contributed by atoms with Gasteiger partial charge >= 0.3 is 19.4 Å². The van der Waals surface area contributed by atoms with Crippen molar-refractivity contribution < 1.29 is 38.1 Å². The molecule has 1 fully saturated rings. The van der Waals surface area contributed by atoms with Gasteiger partial charge in [0.2, 0.25) is 0 Å². The molecule has 0 spiro atoms. The van der Waals surface area contributed by atoms with Crippen LogP contribution in [0.5, 0.6) is 5.75 Å². The van der Waals surface area contributed by atoms with E-state index >= 15 is 0 Å². The van der Waals surface area contributed by atoms with Crippen LogP contribution in [0.2, 0.25) is 5.02 Å². The molecule has 4 N–H and O–H groups in total. The van der Waals surface area contributed by atoms with Crippen molar-refractivity contribution in [2.75, 3.05) is 6.61 Å². The van der Waals surface area contributed by atoms with E-state index in [-0.39, 0.29) is 5.75 Å². The number of halogens is 1. The molecule has 39 heavy (non-hydrogen) atoms. The Morgan fingerprint density at radius 2 is 2.00 bits per heavy atom. The Balaban J connectivity index is 1.84. The van der Waals surface area contributed by atoms with Gasteiger partial charge in [-0.1, -0.05) is 24.4 Å². The minimum Gasteiger partial charge on any atom is -0.462 e. The lowest BCUT2D eigenvalue weighted by molar-refractivity contribution is -0.150. The highest BCUT2D eigenvalue weighted by atomic mass is 35.5. The molecule has 0 amide bonds. The van der Waals surface area contributed by atoms with Crippen molar-refractivity contribution in [3.05, 3.63) is 62.4 Å². The average molecular weight is 586 g/mol. The molecule has 1 aromatic carbocycles. The maximum absolute atomic E-state index is 13.7. The molecule has 0 radical (unpaired) electrons. The van der Waals surface area contributed by atoms with Crippen molar-refractivity contribution in [2.24, 2.45) is 0 Å². The number of ether oxygens (including phenoxy) is 2. The number of benzene rings is 1. The van der Waals surface area contributed by atoms with Crippen LogP contribution in [-0.4, -0.2) is 62.3 Å². The number of carbonyl (C=O) groups excluding carboxylic acids is 1. The summed E-state index contributed by atoms with van der Waals surface area (Å²) in [6, 6.07) is 5.63. The number of aromatic amines is 1. The first kappa shape index (κ1) is 30.6. The lowest BCUT2D eigenvalue weighted by Gasteiger charge is -2.26. The molecule has 0 aliphatic carbocycles. The van der Waals surface area contributed by atoms with Crippen LogP contribution in [0.1, 0.15) is 33.4 Å². The monoisotopic (exact) mass is 585 g/mol. The molecule has 1 saturated heterocycles. The van der Waals surface area contributed by atoms with Crippen molar-refractivity contribution >= 4 is 25.3 Å². The summed E-state index contributed by atoms with van der Waals surface area (Å²) in [5, 5.41) is 24.6. The number of carbonyl (C=O) groups is 1. The van der Waals surface area contributed by atoms with Crippen LogP contribution in [0, 0.1) is 12.3 Å². The van der Waals surface area contributed by atoms with Crippen LogP contribution in [0.4, 0.5) is 0 Å². The Bertz CT molecular complexity index is 1370. The second-order valence-electron chi connectivity index (χ2n) is 8.80. The largest absolute Gasteiger partial charge is 0.462 e. The SMILES string of the molecule is C#C[C@@]1(O)[C@H](O)[C@@H](COP(=O)(N[C@@H](C)C(=O)O[C@H](C)CC)Oc2ccc(Cl)cc2)O[C@H]1n1ccc(=O)[nH]c1=O. The van der Waals surface area contributed by atoms with E-state index in [1.54, 1.807) is 6.92 Å². The van der Waals surface area contributed by atoms with Gasteiger partial charge in [0.15, 0.2) is 11.8 Å². The first-order valence-electron chi connectivity index (χ1n) is 11.8. The maximum atomic E-state index is 13.7. The molecular weight excluding hydrogens is 557 g/mol. The standard InChI is InChI=1S/C24H29ClN3O10P/c1-5-14(3)36-21(31)15(4)27-39(34,38-17-9-7-16(25)8-10-17)35-13-18-20(30)24(33,6-2)22(37-18)28-12-11-19(29)26-23(28)32/h2,7-12,14-15,18,20,22,30,33H,5,13H2,1,3-4H3,(H,27,34)(H,26,29,32)/t14-,15+,18-,20-,22-,24-,39?/m1/s1. The Kier molecular flexibility index (Phi) is 9.79. The molecule has 0 bridgehead atoms. The highest BCUT2D eigenvalue weighted by Gasteiger charge is 2.56. The molecule has 7 atom stereocenters. The summed E-state index contributed by atoms with van der Waals surface area (Å²) >= 11 is 5.90. The Hall–Kier alpha value is -2.95. The normalized spacial score (nSPS) is 25.7. The highest BCUT2D eigenvalue weighted by molar-refractivity contribution is 7.52. The first-order chi connectivity index (χ1) is 18.3. The second kappa shape index (κ2) is 12.5. The topological polar surface area (TPSA) is 178 Å². The number of nitrogens with zero attached hydrogens (tertiary/aromatic N) is 1. The molecule has 3 rings (SSSR count). The number of hydrogen-bond acceptors (Lipinski definition) is 10. The zero-order valence-corrected chi connectivity index (χ0v) is 22.9. The zero-order valence-electron chi connectivity index (χ0n) is 21.3. The smallest absolute Gasteiger partial charge is 0.459 e. The number of hydrogen-bond donors (Lipinski definition) is 4. The van der Waals surface area contributed by atoms with Gasteiger partial charge in [0.1, 0.15) is 24.0 Å². The molecule has 1 unspecified atom stereocenters. The van der Waals surface area contributed by atoms with E-state index in [1.807, 2.05) is 17.8 Å². The molecule has 1 aromatic heterocycles. The molecule has 2 aromatic rings. The van der Waals surface area contributed by atoms with Gasteiger partial charge in [0, 0.05) is 17.3 Å². The number of nitrogens with one attached hydrogen (secondary N) is 2. The Labute approximate surface area is 228 Å². The molecule has 2 heterocycles. The van der Waals surface area contributed by atoms with Gasteiger partial charge in [-0.05, 0) is 44.5 Å². The van der Waals surface area contributed by atoms with Crippen molar-refractivity contribution in [1.82, 2.24) is 14.6 Å². The summed E-state index contributed by atoms with van der Waals surface area (Å²) in [5.41, 5.74) is -4.09. The lowest BCUT2D eigenvalue weighted by atomic mass is 9.95. The summed E-state index contributed by atoms with van der Waals surface area (Å²) in [6.07, 6.45) is 1.76. The number of rotatable bonds is 11.